The summed E-state index contributed by atoms with van der Waals surface area (Å²) in [5.41, 5.74) is 5.49. The normalized spacial score (nSPS) is 12.1. The van der Waals surface area contributed by atoms with Crippen molar-refractivity contribution in [3.63, 3.8) is 0 Å². The number of benzene rings is 1. The average molecular weight is 197 g/mol. The molecule has 0 bridgehead atoms. The smallest absolute Gasteiger partial charge is 0.325 e. The van der Waals surface area contributed by atoms with Crippen molar-refractivity contribution in [1.82, 2.24) is 0 Å². The number of methoxy groups -OCH3 is 1. The number of carbonyl (C=O) groups is 1. The predicted molar refractivity (Wildman–Crippen MR) is 49.2 cm³/mol. The quantitative estimate of drug-likeness (QED) is 0.655. The van der Waals surface area contributed by atoms with Crippen LogP contribution in [0.1, 0.15) is 11.6 Å². The minimum absolute atomic E-state index is 0.165. The van der Waals surface area contributed by atoms with Crippen molar-refractivity contribution in [3.8, 4) is 11.5 Å². The molecule has 0 unspecified atom stereocenters. The number of ether oxygens (including phenoxy) is 1. The molecule has 4 N–H and O–H groups in total. The van der Waals surface area contributed by atoms with Crippen LogP contribution in [0, 0.1) is 0 Å². The van der Waals surface area contributed by atoms with Crippen LogP contribution in [0.3, 0.4) is 0 Å². The zero-order valence-corrected chi connectivity index (χ0v) is 7.60. The standard InChI is InChI=1S/C9H11NO4/c1-14-5-2-3-6(7(11)4-5)8(10)9(12)13/h2-4,8,11H,10H2,1H3,(H,12,13)/t8-/m0/s1. The molecule has 0 aliphatic rings. The predicted octanol–water partition coefficient (Wildman–Crippen LogP) is 0.485. The van der Waals surface area contributed by atoms with Gasteiger partial charge in [-0.1, -0.05) is 0 Å². The van der Waals surface area contributed by atoms with E-state index < -0.39 is 12.0 Å². The number of carboxylic acids is 1. The van der Waals surface area contributed by atoms with Crippen LogP contribution in [-0.2, 0) is 4.79 Å². The number of aromatic hydroxyl groups is 1. The molecule has 0 saturated heterocycles. The van der Waals surface area contributed by atoms with Gasteiger partial charge in [0.15, 0.2) is 0 Å². The number of phenols is 1. The lowest BCUT2D eigenvalue weighted by Crippen LogP contribution is -2.20. The topological polar surface area (TPSA) is 92.8 Å². The molecule has 5 heteroatoms. The van der Waals surface area contributed by atoms with Crippen molar-refractivity contribution >= 4 is 5.97 Å². The average Bonchev–Trinajstić information content (AvgIpc) is 2.16. The maximum Gasteiger partial charge on any atom is 0.325 e. The Labute approximate surface area is 80.7 Å². The Kier molecular flexibility index (Phi) is 2.93. The highest BCUT2D eigenvalue weighted by Gasteiger charge is 2.18. The zero-order chi connectivity index (χ0) is 10.7. The number of carboxylic acid groups (broad SMARTS) is 1. The number of aliphatic carboxylic acids is 1. The van der Waals surface area contributed by atoms with Crippen LogP contribution in [0.15, 0.2) is 18.2 Å². The van der Waals surface area contributed by atoms with Gasteiger partial charge in [-0.3, -0.25) is 4.79 Å². The molecule has 0 amide bonds. The van der Waals surface area contributed by atoms with Gasteiger partial charge >= 0.3 is 5.97 Å². The Bertz CT molecular complexity index is 351. The molecule has 76 valence electrons. The van der Waals surface area contributed by atoms with Crippen molar-refractivity contribution in [2.45, 2.75) is 6.04 Å². The first-order chi connectivity index (χ1) is 6.56. The highest BCUT2D eigenvalue weighted by atomic mass is 16.5. The molecular formula is C9H11NO4. The molecule has 1 rings (SSSR count). The monoisotopic (exact) mass is 197 g/mol. The van der Waals surface area contributed by atoms with E-state index in [1.54, 1.807) is 0 Å². The highest BCUT2D eigenvalue weighted by Crippen LogP contribution is 2.27. The van der Waals surface area contributed by atoms with E-state index in [1.807, 2.05) is 0 Å². The molecule has 0 radical (unpaired) electrons. The molecule has 0 aliphatic carbocycles. The third kappa shape index (κ3) is 1.94. The number of hydrogen-bond acceptors (Lipinski definition) is 4. The fourth-order valence-corrected chi connectivity index (χ4v) is 1.05. The third-order valence-corrected chi connectivity index (χ3v) is 1.84. The van der Waals surface area contributed by atoms with E-state index in [1.165, 1.54) is 25.3 Å². The number of phenolic OH excluding ortho intramolecular Hbond substituents is 1. The summed E-state index contributed by atoms with van der Waals surface area (Å²) in [5, 5.41) is 18.0. The van der Waals surface area contributed by atoms with E-state index in [4.69, 9.17) is 15.6 Å². The first-order valence-corrected chi connectivity index (χ1v) is 3.91. The van der Waals surface area contributed by atoms with Crippen LogP contribution >= 0.6 is 0 Å². The maximum atomic E-state index is 10.5. The number of rotatable bonds is 3. The van der Waals surface area contributed by atoms with Crippen LogP contribution in [0.25, 0.3) is 0 Å². The van der Waals surface area contributed by atoms with Gasteiger partial charge in [0, 0.05) is 11.6 Å². The number of nitrogens with two attached hydrogens (primary N) is 1. The van der Waals surface area contributed by atoms with Crippen molar-refractivity contribution in [2.24, 2.45) is 5.73 Å². The van der Waals surface area contributed by atoms with Gasteiger partial charge in [0.25, 0.3) is 0 Å². The molecule has 5 nitrogen and oxygen atoms in total. The second kappa shape index (κ2) is 3.97. The fourth-order valence-electron chi connectivity index (χ4n) is 1.05. The maximum absolute atomic E-state index is 10.5. The van der Waals surface area contributed by atoms with Crippen molar-refractivity contribution in [3.05, 3.63) is 23.8 Å². The molecule has 0 spiro atoms. The molecule has 0 fully saturated rings. The Morgan fingerprint density at radius 3 is 2.64 bits per heavy atom. The molecule has 0 saturated carbocycles. The van der Waals surface area contributed by atoms with E-state index in [0.717, 1.165) is 0 Å². The second-order valence-corrected chi connectivity index (χ2v) is 2.74. The Morgan fingerprint density at radius 2 is 2.21 bits per heavy atom. The van der Waals surface area contributed by atoms with Gasteiger partial charge in [-0.25, -0.2) is 0 Å². The second-order valence-electron chi connectivity index (χ2n) is 2.74. The van der Waals surface area contributed by atoms with Gasteiger partial charge in [0.1, 0.15) is 17.5 Å². The SMILES string of the molecule is COc1ccc([C@H](N)C(=O)O)c(O)c1. The summed E-state index contributed by atoms with van der Waals surface area (Å²) in [5.74, 6) is -0.923. The molecular weight excluding hydrogens is 186 g/mol. The van der Waals surface area contributed by atoms with Gasteiger partial charge in [0.05, 0.1) is 7.11 Å². The van der Waals surface area contributed by atoms with E-state index in [9.17, 15) is 9.90 Å². The van der Waals surface area contributed by atoms with Crippen LogP contribution in [-0.4, -0.2) is 23.3 Å². The minimum atomic E-state index is -1.22. The first kappa shape index (κ1) is 10.3. The minimum Gasteiger partial charge on any atom is -0.507 e. The van der Waals surface area contributed by atoms with Crippen LogP contribution in [0.2, 0.25) is 0 Å². The lowest BCUT2D eigenvalue weighted by molar-refractivity contribution is -0.138. The van der Waals surface area contributed by atoms with Gasteiger partial charge in [-0.05, 0) is 12.1 Å². The van der Waals surface area contributed by atoms with E-state index in [2.05, 4.69) is 0 Å². The van der Waals surface area contributed by atoms with Gasteiger partial charge in [-0.2, -0.15) is 0 Å². The molecule has 14 heavy (non-hydrogen) atoms. The largest absolute Gasteiger partial charge is 0.507 e. The summed E-state index contributed by atoms with van der Waals surface area (Å²) < 4.78 is 4.84. The van der Waals surface area contributed by atoms with Crippen LogP contribution in [0.5, 0.6) is 11.5 Å². The molecule has 0 aromatic heterocycles. The van der Waals surface area contributed by atoms with E-state index in [-0.39, 0.29) is 11.3 Å². The molecule has 1 aromatic rings. The molecule has 1 atom stereocenters. The number of hydrogen-bond donors (Lipinski definition) is 3. The van der Waals surface area contributed by atoms with Crippen molar-refractivity contribution < 1.29 is 19.7 Å². The van der Waals surface area contributed by atoms with Crippen molar-refractivity contribution in [1.29, 1.82) is 0 Å². The summed E-state index contributed by atoms with van der Waals surface area (Å²) in [6.45, 7) is 0. The zero-order valence-electron chi connectivity index (χ0n) is 7.60. The molecule has 0 aliphatic heterocycles. The first-order valence-electron chi connectivity index (χ1n) is 3.91. The van der Waals surface area contributed by atoms with Gasteiger partial charge < -0.3 is 20.7 Å². The van der Waals surface area contributed by atoms with E-state index in [0.29, 0.717) is 5.75 Å². The highest BCUT2D eigenvalue weighted by molar-refractivity contribution is 5.76. The van der Waals surface area contributed by atoms with E-state index >= 15 is 0 Å². The summed E-state index contributed by atoms with van der Waals surface area (Å²) in [4.78, 5) is 10.5. The molecule has 0 heterocycles. The summed E-state index contributed by atoms with van der Waals surface area (Å²) in [6.07, 6.45) is 0. The Morgan fingerprint density at radius 1 is 1.57 bits per heavy atom. The Hall–Kier alpha value is -1.75. The summed E-state index contributed by atoms with van der Waals surface area (Å²) in [7, 11) is 1.45. The fraction of sp³-hybridized carbons (Fsp3) is 0.222. The molecule has 1 aromatic carbocycles. The van der Waals surface area contributed by atoms with Crippen LogP contribution < -0.4 is 10.5 Å². The Balaban J connectivity index is 3.05. The summed E-state index contributed by atoms with van der Waals surface area (Å²) >= 11 is 0. The van der Waals surface area contributed by atoms with Gasteiger partial charge in [0.2, 0.25) is 0 Å². The lowest BCUT2D eigenvalue weighted by atomic mass is 10.1. The lowest BCUT2D eigenvalue weighted by Gasteiger charge is -2.09. The summed E-state index contributed by atoms with van der Waals surface area (Å²) in [6, 6.07) is 3.06. The third-order valence-electron chi connectivity index (χ3n) is 1.84. The van der Waals surface area contributed by atoms with Crippen molar-refractivity contribution in [2.75, 3.05) is 7.11 Å². The van der Waals surface area contributed by atoms with Gasteiger partial charge in [-0.15, -0.1) is 0 Å². The van der Waals surface area contributed by atoms with Crippen LogP contribution in [0.4, 0.5) is 0 Å².